The van der Waals surface area contributed by atoms with Crippen molar-refractivity contribution in [2.75, 3.05) is 26.2 Å². The molecule has 0 radical (unpaired) electrons. The molecule has 0 amide bonds. The van der Waals surface area contributed by atoms with Gasteiger partial charge in [-0.15, -0.1) is 0 Å². The van der Waals surface area contributed by atoms with Gasteiger partial charge in [-0.05, 0) is 81.6 Å². The lowest BCUT2D eigenvalue weighted by Gasteiger charge is -2.43. The molecule has 1 atom stereocenters. The Balaban J connectivity index is 1.91. The van der Waals surface area contributed by atoms with Crippen molar-refractivity contribution in [3.05, 3.63) is 24.8 Å². The maximum atomic E-state index is 9.99. The van der Waals surface area contributed by atoms with Gasteiger partial charge in [0.2, 0.25) is 0 Å². The molecule has 2 aliphatic rings. The van der Waals surface area contributed by atoms with Gasteiger partial charge in [-0.25, -0.2) is 0 Å². The van der Waals surface area contributed by atoms with Crippen LogP contribution in [-0.2, 0) is 0 Å². The van der Waals surface area contributed by atoms with Gasteiger partial charge >= 0.3 is 0 Å². The summed E-state index contributed by atoms with van der Waals surface area (Å²) in [7, 11) is 0. The predicted octanol–water partition coefficient (Wildman–Crippen LogP) is 3.35. The summed E-state index contributed by atoms with van der Waals surface area (Å²) < 4.78 is 1.95. The fraction of sp³-hybridized carbons (Fsp3) is 0.600. The number of aromatic hydroxyl groups is 1. The number of hydrogen-bond donors (Lipinski definition) is 2. The molecule has 3 nitrogen and oxygen atoms in total. The molecule has 2 N–H and O–H groups in total. The molecule has 0 aromatic heterocycles. The molecule has 20 heavy (non-hydrogen) atoms. The van der Waals surface area contributed by atoms with Gasteiger partial charge in [0, 0.05) is 32.2 Å². The van der Waals surface area contributed by atoms with Crippen LogP contribution in [0.3, 0.4) is 0 Å². The molecule has 0 unspecified atom stereocenters. The van der Waals surface area contributed by atoms with Crippen molar-refractivity contribution in [2.24, 2.45) is 5.92 Å². The third kappa shape index (κ3) is 3.10. The maximum absolute atomic E-state index is 9.99. The molecule has 3 rings (SSSR count). The van der Waals surface area contributed by atoms with Crippen molar-refractivity contribution in [2.45, 2.75) is 25.3 Å². The third-order valence-corrected chi connectivity index (χ3v) is 6.17. The van der Waals surface area contributed by atoms with Gasteiger partial charge in [0.25, 0.3) is 0 Å². The second-order valence-electron chi connectivity index (χ2n) is 5.75. The number of piperazine rings is 1. The number of rotatable bonds is 3. The normalized spacial score (nSPS) is 22.5. The first-order chi connectivity index (χ1) is 9.66. The summed E-state index contributed by atoms with van der Waals surface area (Å²) in [6, 6.07) is 4.90. The van der Waals surface area contributed by atoms with E-state index in [1.807, 2.05) is 0 Å². The van der Waals surface area contributed by atoms with E-state index in [0.717, 1.165) is 39.2 Å². The van der Waals surface area contributed by atoms with Crippen LogP contribution in [0.25, 0.3) is 0 Å². The Kier molecular flexibility index (Phi) is 5.10. The monoisotopic (exact) mass is 498 g/mol. The van der Waals surface area contributed by atoms with Crippen LogP contribution >= 0.6 is 45.2 Å². The average Bonchev–Trinajstić information content (AvgIpc) is 2.40. The number of nitrogens with zero attached hydrogens (tertiary/aromatic N) is 1. The maximum Gasteiger partial charge on any atom is 0.142 e. The number of nitrogens with one attached hydrogen (secondary N) is 1. The Morgan fingerprint density at radius 1 is 1.15 bits per heavy atom. The van der Waals surface area contributed by atoms with Gasteiger partial charge in [0.1, 0.15) is 5.75 Å². The van der Waals surface area contributed by atoms with E-state index in [9.17, 15) is 5.11 Å². The Morgan fingerprint density at radius 3 is 2.25 bits per heavy atom. The summed E-state index contributed by atoms with van der Waals surface area (Å²) in [6.07, 6.45) is 4.07. The average molecular weight is 498 g/mol. The molecular weight excluding hydrogens is 478 g/mol. The van der Waals surface area contributed by atoms with Crippen LogP contribution in [-0.4, -0.2) is 36.2 Å². The lowest BCUT2D eigenvalue weighted by Crippen LogP contribution is -2.47. The fourth-order valence-corrected chi connectivity index (χ4v) is 5.07. The Morgan fingerprint density at radius 2 is 1.75 bits per heavy atom. The number of hydrogen-bond acceptors (Lipinski definition) is 3. The largest absolute Gasteiger partial charge is 0.506 e. The number of halogens is 2. The predicted molar refractivity (Wildman–Crippen MR) is 98.1 cm³/mol. The highest BCUT2D eigenvalue weighted by Crippen LogP contribution is 2.43. The Hall–Kier alpha value is 0.400. The molecule has 1 heterocycles. The van der Waals surface area contributed by atoms with Crippen molar-refractivity contribution < 1.29 is 5.11 Å². The SMILES string of the molecule is Oc1c(I)cc([C@@H](C2CCC2)N2CCNCC2)cc1I. The van der Waals surface area contributed by atoms with E-state index < -0.39 is 0 Å². The number of phenolic OH excluding ortho intramolecular Hbond substituents is 1. The molecule has 0 spiro atoms. The minimum absolute atomic E-state index is 0.433. The smallest absolute Gasteiger partial charge is 0.142 e. The first kappa shape index (κ1) is 15.3. The van der Waals surface area contributed by atoms with Crippen LogP contribution in [0.4, 0.5) is 0 Å². The van der Waals surface area contributed by atoms with Crippen molar-refractivity contribution in [3.8, 4) is 5.75 Å². The second-order valence-corrected chi connectivity index (χ2v) is 8.08. The lowest BCUT2D eigenvalue weighted by atomic mass is 9.76. The highest BCUT2D eigenvalue weighted by molar-refractivity contribution is 14.1. The highest BCUT2D eigenvalue weighted by atomic mass is 127. The van der Waals surface area contributed by atoms with E-state index in [-0.39, 0.29) is 0 Å². The summed E-state index contributed by atoms with van der Waals surface area (Å²) in [5.41, 5.74) is 1.39. The van der Waals surface area contributed by atoms with Crippen LogP contribution in [0, 0.1) is 13.1 Å². The van der Waals surface area contributed by atoms with Crippen molar-refractivity contribution in [1.82, 2.24) is 10.2 Å². The van der Waals surface area contributed by atoms with Gasteiger partial charge in [0.05, 0.1) is 7.14 Å². The molecule has 0 bridgehead atoms. The van der Waals surface area contributed by atoms with Crippen LogP contribution in [0.2, 0.25) is 0 Å². The van der Waals surface area contributed by atoms with Crippen LogP contribution in [0.1, 0.15) is 30.9 Å². The van der Waals surface area contributed by atoms with Gasteiger partial charge in [0.15, 0.2) is 0 Å². The van der Waals surface area contributed by atoms with E-state index in [2.05, 4.69) is 67.5 Å². The Bertz CT molecular complexity index is 462. The quantitative estimate of drug-likeness (QED) is 0.629. The molecule has 110 valence electrons. The topological polar surface area (TPSA) is 35.5 Å². The molecule has 2 fully saturated rings. The molecule has 1 aliphatic heterocycles. The standard InChI is InChI=1S/C15H20I2N2O/c16-12-8-11(9-13(17)15(12)20)14(10-2-1-3-10)19-6-4-18-5-7-19/h8-10,14,18,20H,1-7H2/t14-/m1/s1. The highest BCUT2D eigenvalue weighted by Gasteiger charge is 2.34. The first-order valence-electron chi connectivity index (χ1n) is 7.29. The van der Waals surface area contributed by atoms with E-state index in [1.54, 1.807) is 0 Å². The molecule has 1 aromatic carbocycles. The van der Waals surface area contributed by atoms with E-state index in [4.69, 9.17) is 0 Å². The number of phenols is 1. The minimum Gasteiger partial charge on any atom is -0.506 e. The second kappa shape index (κ2) is 6.66. The van der Waals surface area contributed by atoms with Gasteiger partial charge in [-0.1, -0.05) is 6.42 Å². The van der Waals surface area contributed by atoms with Crippen molar-refractivity contribution >= 4 is 45.2 Å². The zero-order chi connectivity index (χ0) is 14.1. The van der Waals surface area contributed by atoms with Crippen LogP contribution in [0.5, 0.6) is 5.75 Å². The lowest BCUT2D eigenvalue weighted by molar-refractivity contribution is 0.0836. The molecule has 5 heteroatoms. The van der Waals surface area contributed by atoms with E-state index in [0.29, 0.717) is 11.8 Å². The third-order valence-electron chi connectivity index (χ3n) is 4.52. The zero-order valence-electron chi connectivity index (χ0n) is 11.4. The molecule has 1 saturated heterocycles. The van der Waals surface area contributed by atoms with Gasteiger partial charge in [-0.2, -0.15) is 0 Å². The van der Waals surface area contributed by atoms with Crippen LogP contribution in [0.15, 0.2) is 12.1 Å². The summed E-state index contributed by atoms with van der Waals surface area (Å²) >= 11 is 4.50. The fourth-order valence-electron chi connectivity index (χ4n) is 3.25. The van der Waals surface area contributed by atoms with E-state index >= 15 is 0 Å². The first-order valence-corrected chi connectivity index (χ1v) is 9.45. The summed E-state index contributed by atoms with van der Waals surface area (Å²) in [6.45, 7) is 4.45. The minimum atomic E-state index is 0.433. The summed E-state index contributed by atoms with van der Waals surface area (Å²) in [4.78, 5) is 2.64. The molecule has 1 saturated carbocycles. The summed E-state index contributed by atoms with van der Waals surface area (Å²) in [5, 5.41) is 13.4. The zero-order valence-corrected chi connectivity index (χ0v) is 15.7. The van der Waals surface area contributed by atoms with Crippen molar-refractivity contribution in [1.29, 1.82) is 0 Å². The van der Waals surface area contributed by atoms with E-state index in [1.165, 1.54) is 24.8 Å². The Labute approximate surface area is 147 Å². The van der Waals surface area contributed by atoms with Crippen LogP contribution < -0.4 is 5.32 Å². The molecule has 1 aromatic rings. The number of benzene rings is 1. The van der Waals surface area contributed by atoms with Crippen molar-refractivity contribution in [3.63, 3.8) is 0 Å². The summed E-state index contributed by atoms with van der Waals surface area (Å²) in [5.74, 6) is 1.23. The van der Waals surface area contributed by atoms with Gasteiger partial charge in [-0.3, -0.25) is 4.90 Å². The molecular formula is C15H20I2N2O. The van der Waals surface area contributed by atoms with Gasteiger partial charge < -0.3 is 10.4 Å². The molecule has 1 aliphatic carbocycles.